The second kappa shape index (κ2) is 9.07. The van der Waals surface area contributed by atoms with Gasteiger partial charge in [-0.1, -0.05) is 24.1 Å². The second-order valence-corrected chi connectivity index (χ2v) is 9.40. The summed E-state index contributed by atoms with van der Waals surface area (Å²) in [6, 6.07) is 11.8. The molecule has 6 rings (SSSR count). The molecule has 6 heteroatoms. The van der Waals surface area contributed by atoms with E-state index in [-0.39, 0.29) is 30.0 Å². The molecule has 0 saturated carbocycles. The summed E-state index contributed by atoms with van der Waals surface area (Å²) in [6.07, 6.45) is 9.00. The number of rotatable bonds is 5. The van der Waals surface area contributed by atoms with E-state index in [1.54, 1.807) is 17.0 Å². The average molecular weight is 449 g/mol. The number of amides is 1. The van der Waals surface area contributed by atoms with Crippen molar-refractivity contribution in [1.29, 1.82) is 0 Å². The van der Waals surface area contributed by atoms with E-state index in [0.29, 0.717) is 18.9 Å². The molecule has 1 atom stereocenters. The van der Waals surface area contributed by atoms with Crippen molar-refractivity contribution in [2.75, 3.05) is 39.4 Å². The molecule has 2 bridgehead atoms. The summed E-state index contributed by atoms with van der Waals surface area (Å²) < 4.78 is 25.3. The quantitative estimate of drug-likeness (QED) is 0.636. The predicted octanol–water partition coefficient (Wildman–Crippen LogP) is 4.41. The summed E-state index contributed by atoms with van der Waals surface area (Å²) in [4.78, 5) is 17.6. The van der Waals surface area contributed by atoms with Gasteiger partial charge in [0.15, 0.2) is 0 Å². The number of fused-ring (bicyclic) bond motifs is 4. The van der Waals surface area contributed by atoms with Crippen molar-refractivity contribution in [3.8, 4) is 18.1 Å². The van der Waals surface area contributed by atoms with E-state index in [4.69, 9.17) is 15.9 Å². The molecule has 5 nitrogen and oxygen atoms in total. The maximum atomic E-state index is 13.7. The number of piperidine rings is 3. The zero-order valence-corrected chi connectivity index (χ0v) is 18.8. The van der Waals surface area contributed by atoms with Crippen LogP contribution >= 0.6 is 0 Å². The Balaban J connectivity index is 1.41. The van der Waals surface area contributed by atoms with Crippen LogP contribution in [-0.4, -0.2) is 55.3 Å². The molecule has 0 aromatic heterocycles. The Labute approximate surface area is 194 Å². The second-order valence-electron chi connectivity index (χ2n) is 9.40. The molecule has 0 unspecified atom stereocenters. The Kier molecular flexibility index (Phi) is 5.99. The molecular formula is C27H29FN2O3. The van der Waals surface area contributed by atoms with Gasteiger partial charge in [-0.05, 0) is 86.3 Å². The summed E-state index contributed by atoms with van der Waals surface area (Å²) in [5.74, 6) is 2.83. The van der Waals surface area contributed by atoms with Gasteiger partial charge in [-0.2, -0.15) is 0 Å². The summed E-state index contributed by atoms with van der Waals surface area (Å²) in [7, 11) is 0. The van der Waals surface area contributed by atoms with Crippen LogP contribution in [-0.2, 0) is 11.2 Å². The zero-order valence-electron chi connectivity index (χ0n) is 18.8. The molecule has 4 aliphatic heterocycles. The van der Waals surface area contributed by atoms with Crippen LogP contribution in [0.15, 0.2) is 42.5 Å². The molecule has 4 heterocycles. The molecule has 4 aliphatic rings. The van der Waals surface area contributed by atoms with E-state index in [9.17, 15) is 9.18 Å². The lowest BCUT2D eigenvalue weighted by Crippen LogP contribution is -2.51. The van der Waals surface area contributed by atoms with Crippen LogP contribution in [0.2, 0.25) is 0 Å². The van der Waals surface area contributed by atoms with Gasteiger partial charge in [0.2, 0.25) is 0 Å². The third kappa shape index (κ3) is 4.43. The molecule has 1 amide bonds. The highest BCUT2D eigenvalue weighted by Gasteiger charge is 2.41. The lowest BCUT2D eigenvalue weighted by molar-refractivity contribution is -0.0300. The first-order valence-electron chi connectivity index (χ1n) is 11.7. The van der Waals surface area contributed by atoms with Gasteiger partial charge in [-0.15, -0.1) is 6.42 Å². The number of hydrogen-bond acceptors (Lipinski definition) is 4. The first-order chi connectivity index (χ1) is 16.1. The van der Waals surface area contributed by atoms with Crippen LogP contribution in [0.3, 0.4) is 0 Å². The molecule has 2 aromatic carbocycles. The van der Waals surface area contributed by atoms with Crippen molar-refractivity contribution in [3.63, 3.8) is 0 Å². The highest BCUT2D eigenvalue weighted by Crippen LogP contribution is 2.41. The topological polar surface area (TPSA) is 42.0 Å². The molecule has 172 valence electrons. The van der Waals surface area contributed by atoms with Gasteiger partial charge in [0.1, 0.15) is 18.2 Å². The summed E-state index contributed by atoms with van der Waals surface area (Å²) in [5, 5.41) is 0. The largest absolute Gasteiger partial charge is 0.481 e. The monoisotopic (exact) mass is 448 g/mol. The molecule has 0 radical (unpaired) electrons. The number of carbonyl (C=O) groups excluding carboxylic acids is 1. The predicted molar refractivity (Wildman–Crippen MR) is 123 cm³/mol. The molecule has 3 fully saturated rings. The number of carbonyl (C=O) groups is 1. The molecule has 0 N–H and O–H groups in total. The first-order valence-corrected chi connectivity index (χ1v) is 11.7. The minimum Gasteiger partial charge on any atom is -0.481 e. The fourth-order valence-electron chi connectivity index (χ4n) is 5.42. The van der Waals surface area contributed by atoms with Crippen LogP contribution in [0.4, 0.5) is 9.18 Å². The first kappa shape index (κ1) is 21.8. The standard InChI is InChI=1S/C27H29FN2O3/c1-2-17-32-23-8-5-20-9-13-30(25(24(20)18-23)21-3-6-22(28)7-4-21)26(31)33-19-27-10-14-29(15-11-27)16-12-27/h1,3-8,18,25H,9-17,19H2/t25-/m0/s1. The number of hydrogen-bond donors (Lipinski definition) is 0. The van der Waals surface area contributed by atoms with Crippen LogP contribution < -0.4 is 4.74 Å². The van der Waals surface area contributed by atoms with Crippen LogP contribution in [0, 0.1) is 23.6 Å². The third-order valence-electron chi connectivity index (χ3n) is 7.46. The van der Waals surface area contributed by atoms with Gasteiger partial charge in [0, 0.05) is 12.0 Å². The Morgan fingerprint density at radius 3 is 2.52 bits per heavy atom. The van der Waals surface area contributed by atoms with Crippen molar-refractivity contribution in [2.45, 2.75) is 31.7 Å². The SMILES string of the molecule is C#CCOc1ccc2c(c1)[C@H](c1ccc(F)cc1)N(C(=O)OCC13CCN(CC1)CC3)CC2. The fourth-order valence-corrected chi connectivity index (χ4v) is 5.42. The molecule has 0 aliphatic carbocycles. The van der Waals surface area contributed by atoms with Crippen molar-refractivity contribution in [2.24, 2.45) is 5.41 Å². The fraction of sp³-hybridized carbons (Fsp3) is 0.444. The maximum Gasteiger partial charge on any atom is 0.410 e. The third-order valence-corrected chi connectivity index (χ3v) is 7.46. The van der Waals surface area contributed by atoms with Crippen LogP contribution in [0.1, 0.15) is 42.0 Å². The van der Waals surface area contributed by atoms with Crippen molar-refractivity contribution >= 4 is 6.09 Å². The smallest absolute Gasteiger partial charge is 0.410 e. The number of nitrogens with zero attached hydrogens (tertiary/aromatic N) is 2. The molecule has 3 saturated heterocycles. The van der Waals surface area contributed by atoms with Crippen molar-refractivity contribution in [3.05, 3.63) is 65.0 Å². The number of halogens is 1. The molecule has 2 aromatic rings. The highest BCUT2D eigenvalue weighted by molar-refractivity contribution is 5.70. The Morgan fingerprint density at radius 1 is 1.09 bits per heavy atom. The van der Waals surface area contributed by atoms with Gasteiger partial charge >= 0.3 is 6.09 Å². The van der Waals surface area contributed by atoms with E-state index in [0.717, 1.165) is 62.0 Å². The lowest BCUT2D eigenvalue weighted by atomic mass is 9.73. The van der Waals surface area contributed by atoms with Gasteiger partial charge in [-0.3, -0.25) is 4.90 Å². The van der Waals surface area contributed by atoms with Crippen molar-refractivity contribution in [1.82, 2.24) is 9.80 Å². The Morgan fingerprint density at radius 2 is 1.82 bits per heavy atom. The number of ether oxygens (including phenoxy) is 2. The summed E-state index contributed by atoms with van der Waals surface area (Å²) in [6.45, 7) is 4.45. The lowest BCUT2D eigenvalue weighted by Gasteiger charge is -2.48. The summed E-state index contributed by atoms with van der Waals surface area (Å²) >= 11 is 0. The zero-order chi connectivity index (χ0) is 22.8. The molecular weight excluding hydrogens is 419 g/mol. The van der Waals surface area contributed by atoms with E-state index in [1.807, 2.05) is 18.2 Å². The number of terminal acetylenes is 1. The van der Waals surface area contributed by atoms with Crippen LogP contribution in [0.5, 0.6) is 5.75 Å². The van der Waals surface area contributed by atoms with Gasteiger partial charge < -0.3 is 14.4 Å². The van der Waals surface area contributed by atoms with E-state index < -0.39 is 0 Å². The number of benzene rings is 2. The summed E-state index contributed by atoms with van der Waals surface area (Å²) in [5.41, 5.74) is 3.05. The van der Waals surface area contributed by atoms with Gasteiger partial charge in [0.05, 0.1) is 12.6 Å². The minimum atomic E-state index is -0.373. The maximum absolute atomic E-state index is 13.7. The Hall–Kier alpha value is -3.04. The van der Waals surface area contributed by atoms with Crippen molar-refractivity contribution < 1.29 is 18.7 Å². The highest BCUT2D eigenvalue weighted by atomic mass is 19.1. The van der Waals surface area contributed by atoms with Crippen LogP contribution in [0.25, 0.3) is 0 Å². The van der Waals surface area contributed by atoms with Gasteiger partial charge in [-0.25, -0.2) is 9.18 Å². The van der Waals surface area contributed by atoms with E-state index in [1.165, 1.54) is 12.1 Å². The molecule has 0 spiro atoms. The molecule has 33 heavy (non-hydrogen) atoms. The van der Waals surface area contributed by atoms with Gasteiger partial charge in [0.25, 0.3) is 0 Å². The minimum absolute atomic E-state index is 0.111. The Bertz CT molecular complexity index is 1040. The van der Waals surface area contributed by atoms with E-state index in [2.05, 4.69) is 10.8 Å². The normalized spacial score (nSPS) is 25.8. The average Bonchev–Trinajstić information content (AvgIpc) is 2.87. The van der Waals surface area contributed by atoms with E-state index >= 15 is 0 Å².